The Bertz CT molecular complexity index is 240. The van der Waals surface area contributed by atoms with Gasteiger partial charge >= 0.3 is 0 Å². The molecule has 0 aromatic carbocycles. The Morgan fingerprint density at radius 3 is 2.38 bits per heavy atom. The van der Waals surface area contributed by atoms with E-state index in [4.69, 9.17) is 0 Å². The largest absolute Gasteiger partial charge is 0.300 e. The fourth-order valence-electron chi connectivity index (χ4n) is 2.15. The average Bonchev–Trinajstić information content (AvgIpc) is 2.25. The zero-order valence-corrected chi connectivity index (χ0v) is 10.2. The normalized spacial score (nSPS) is 27.7. The van der Waals surface area contributed by atoms with Crippen molar-refractivity contribution < 1.29 is 4.79 Å². The lowest BCUT2D eigenvalue weighted by Crippen LogP contribution is -2.32. The van der Waals surface area contributed by atoms with E-state index in [1.165, 1.54) is 0 Å². The van der Waals surface area contributed by atoms with Crippen molar-refractivity contribution in [2.24, 2.45) is 5.41 Å². The summed E-state index contributed by atoms with van der Waals surface area (Å²) in [5.41, 5.74) is 2.60. The molecule has 0 spiro atoms. The minimum Gasteiger partial charge on any atom is -0.300 e. The zero-order chi connectivity index (χ0) is 10.3. The van der Waals surface area contributed by atoms with Gasteiger partial charge in [-0.2, -0.15) is 0 Å². The molecule has 1 atom stereocenters. The molecule has 1 saturated carbocycles. The third-order valence-corrected chi connectivity index (χ3v) is 6.60. The summed E-state index contributed by atoms with van der Waals surface area (Å²) in [4.78, 5) is 11.8. The molecule has 0 radical (unpaired) electrons. The number of carbonyl (C=O) groups excluding carboxylic acids is 1. The van der Waals surface area contributed by atoms with E-state index in [2.05, 4.69) is 39.2 Å². The summed E-state index contributed by atoms with van der Waals surface area (Å²) >= 11 is 0. The van der Waals surface area contributed by atoms with Gasteiger partial charge < -0.3 is 0 Å². The second-order valence-electron chi connectivity index (χ2n) is 5.59. The van der Waals surface area contributed by atoms with Gasteiger partial charge in [0.2, 0.25) is 0 Å². The average molecular weight is 196 g/mol. The Kier molecular flexibility index (Phi) is 2.54. The molecule has 1 fully saturated rings. The number of hydrogen-bond donors (Lipinski definition) is 0. The molecule has 1 aliphatic carbocycles. The summed E-state index contributed by atoms with van der Waals surface area (Å²) in [5, 5.41) is 0. The number of rotatable bonds is 2. The molecule has 0 aliphatic heterocycles. The maximum Gasteiger partial charge on any atom is 0.134 e. The molecule has 2 heteroatoms. The van der Waals surface area contributed by atoms with Crippen molar-refractivity contribution in [2.75, 3.05) is 0 Å². The fraction of sp³-hybridized carbons (Fsp3) is 0.727. The number of carbonyl (C=O) groups is 1. The Labute approximate surface area is 82.2 Å². The van der Waals surface area contributed by atoms with Gasteiger partial charge in [0.05, 0.1) is 8.07 Å². The van der Waals surface area contributed by atoms with Crippen LogP contribution in [0.5, 0.6) is 0 Å². The highest BCUT2D eigenvalue weighted by Gasteiger charge is 2.45. The van der Waals surface area contributed by atoms with Crippen LogP contribution in [0.25, 0.3) is 0 Å². The van der Waals surface area contributed by atoms with Crippen molar-refractivity contribution in [1.29, 1.82) is 0 Å². The van der Waals surface area contributed by atoms with E-state index in [1.54, 1.807) is 0 Å². The molecule has 0 amide bonds. The van der Waals surface area contributed by atoms with Gasteiger partial charge in [0.25, 0.3) is 0 Å². The van der Waals surface area contributed by atoms with E-state index in [9.17, 15) is 4.79 Å². The minimum atomic E-state index is -1.48. The smallest absolute Gasteiger partial charge is 0.134 e. The molecule has 13 heavy (non-hydrogen) atoms. The van der Waals surface area contributed by atoms with Gasteiger partial charge in [-0.3, -0.25) is 4.79 Å². The highest BCUT2D eigenvalue weighted by molar-refractivity contribution is 6.86. The number of Topliss-reactive ketones (excluding diaryl/α,β-unsaturated/α-hetero) is 1. The molecule has 1 unspecified atom stereocenters. The highest BCUT2D eigenvalue weighted by atomic mass is 28.3. The predicted molar refractivity (Wildman–Crippen MR) is 59.5 cm³/mol. The molecule has 0 N–H and O–H groups in total. The minimum absolute atomic E-state index is 0.231. The van der Waals surface area contributed by atoms with E-state index in [1.807, 2.05) is 0 Å². The van der Waals surface area contributed by atoms with Crippen LogP contribution in [0.15, 0.2) is 12.3 Å². The summed E-state index contributed by atoms with van der Waals surface area (Å²) in [6.07, 6.45) is 1.83. The summed E-state index contributed by atoms with van der Waals surface area (Å²) in [7, 11) is -1.48. The van der Waals surface area contributed by atoms with Crippen LogP contribution in [-0.2, 0) is 4.79 Å². The van der Waals surface area contributed by atoms with Crippen molar-refractivity contribution in [3.05, 3.63) is 12.3 Å². The van der Waals surface area contributed by atoms with Gasteiger partial charge in [-0.15, -0.1) is 12.3 Å². The van der Waals surface area contributed by atoms with Crippen molar-refractivity contribution in [3.63, 3.8) is 0 Å². The first kappa shape index (κ1) is 10.7. The summed E-state index contributed by atoms with van der Waals surface area (Å²) in [5.74, 6) is 0.474. The maximum atomic E-state index is 11.8. The molecule has 1 aliphatic rings. The van der Waals surface area contributed by atoms with Crippen LogP contribution in [0.1, 0.15) is 26.7 Å². The lowest BCUT2D eigenvalue weighted by molar-refractivity contribution is -0.117. The monoisotopic (exact) mass is 196 g/mol. The molecule has 0 saturated heterocycles. The van der Waals surface area contributed by atoms with Crippen LogP contribution >= 0.6 is 0 Å². The van der Waals surface area contributed by atoms with Crippen LogP contribution in [0.2, 0.25) is 18.6 Å². The Morgan fingerprint density at radius 2 is 2.08 bits per heavy atom. The van der Waals surface area contributed by atoms with Gasteiger partial charge in [-0.25, -0.2) is 0 Å². The van der Waals surface area contributed by atoms with Crippen molar-refractivity contribution in [1.82, 2.24) is 0 Å². The zero-order valence-electron chi connectivity index (χ0n) is 9.18. The second-order valence-corrected chi connectivity index (χ2v) is 10.3. The van der Waals surface area contributed by atoms with Crippen LogP contribution < -0.4 is 0 Å². The molecule has 0 aromatic rings. The third kappa shape index (κ3) is 2.10. The van der Waals surface area contributed by atoms with Crippen molar-refractivity contribution in [2.45, 2.75) is 45.3 Å². The van der Waals surface area contributed by atoms with Gasteiger partial charge in [-0.05, 0) is 11.8 Å². The first-order chi connectivity index (χ1) is 5.78. The SMILES string of the molecule is C=C[Si](C)(C)C1CC(C)(C)CC1=O. The molecule has 0 bridgehead atoms. The Morgan fingerprint density at radius 1 is 1.54 bits per heavy atom. The number of hydrogen-bond acceptors (Lipinski definition) is 1. The lowest BCUT2D eigenvalue weighted by atomic mass is 9.92. The summed E-state index contributed by atoms with van der Waals surface area (Å²) < 4.78 is 0. The van der Waals surface area contributed by atoms with Gasteiger partial charge in [-0.1, -0.05) is 26.9 Å². The molecule has 0 aromatic heterocycles. The Hall–Kier alpha value is -0.373. The van der Waals surface area contributed by atoms with E-state index in [0.717, 1.165) is 12.8 Å². The molecule has 74 valence electrons. The summed E-state index contributed by atoms with van der Waals surface area (Å²) in [6, 6.07) is 0. The lowest BCUT2D eigenvalue weighted by Gasteiger charge is -2.25. The first-order valence-corrected chi connectivity index (χ1v) is 8.10. The van der Waals surface area contributed by atoms with E-state index in [0.29, 0.717) is 11.3 Å². The van der Waals surface area contributed by atoms with Crippen LogP contribution in [0.3, 0.4) is 0 Å². The van der Waals surface area contributed by atoms with E-state index in [-0.39, 0.29) is 5.41 Å². The Balaban J connectivity index is 2.85. The standard InChI is InChI=1S/C11H20OSi/c1-6-13(4,5)10-8-11(2,3)7-9(10)12/h6,10H,1,7-8H2,2-5H3. The van der Waals surface area contributed by atoms with Crippen LogP contribution in [0, 0.1) is 5.41 Å². The van der Waals surface area contributed by atoms with Gasteiger partial charge in [0.1, 0.15) is 5.78 Å². The topological polar surface area (TPSA) is 17.1 Å². The number of ketones is 1. The molecular formula is C11H20OSi. The molecule has 1 nitrogen and oxygen atoms in total. The van der Waals surface area contributed by atoms with Gasteiger partial charge in [0.15, 0.2) is 0 Å². The highest BCUT2D eigenvalue weighted by Crippen LogP contribution is 2.46. The van der Waals surface area contributed by atoms with Crippen LogP contribution in [-0.4, -0.2) is 13.9 Å². The molecule has 1 rings (SSSR count). The quantitative estimate of drug-likeness (QED) is 0.620. The molecular weight excluding hydrogens is 176 g/mol. The predicted octanol–water partition coefficient (Wildman–Crippen LogP) is 3.18. The summed E-state index contributed by atoms with van der Waals surface area (Å²) in [6.45, 7) is 12.7. The first-order valence-electron chi connectivity index (χ1n) is 4.95. The second kappa shape index (κ2) is 3.09. The van der Waals surface area contributed by atoms with Crippen LogP contribution in [0.4, 0.5) is 0 Å². The van der Waals surface area contributed by atoms with Crippen molar-refractivity contribution in [3.8, 4) is 0 Å². The fourth-order valence-corrected chi connectivity index (χ4v) is 4.45. The van der Waals surface area contributed by atoms with E-state index < -0.39 is 8.07 Å². The maximum absolute atomic E-state index is 11.8. The molecule has 0 heterocycles. The van der Waals surface area contributed by atoms with Gasteiger partial charge in [0, 0.05) is 12.0 Å². The van der Waals surface area contributed by atoms with Crippen molar-refractivity contribution >= 4 is 13.9 Å². The van der Waals surface area contributed by atoms with E-state index >= 15 is 0 Å². The third-order valence-electron chi connectivity index (χ3n) is 3.22.